The van der Waals surface area contributed by atoms with Crippen molar-refractivity contribution in [2.45, 2.75) is 0 Å². The molecular formula is C18H14ClNO2. The number of carbonyl (C=O) groups excluding carboxylic acids is 2. The Morgan fingerprint density at radius 2 is 1.82 bits per heavy atom. The molecule has 1 aromatic heterocycles. The van der Waals surface area contributed by atoms with Gasteiger partial charge in [0.2, 0.25) is 0 Å². The van der Waals surface area contributed by atoms with Crippen LogP contribution in [0.25, 0.3) is 10.8 Å². The van der Waals surface area contributed by atoms with Gasteiger partial charge in [-0.25, -0.2) is 0 Å². The lowest BCUT2D eigenvalue weighted by atomic mass is 9.98. The summed E-state index contributed by atoms with van der Waals surface area (Å²) in [6.45, 7) is 0. The van der Waals surface area contributed by atoms with Crippen LogP contribution in [0, 0.1) is 0 Å². The van der Waals surface area contributed by atoms with Gasteiger partial charge in [0.15, 0.2) is 11.6 Å². The van der Waals surface area contributed by atoms with E-state index in [0.29, 0.717) is 16.8 Å². The molecule has 0 saturated heterocycles. The summed E-state index contributed by atoms with van der Waals surface area (Å²) in [6, 6.07) is 15.0. The van der Waals surface area contributed by atoms with Gasteiger partial charge in [0.25, 0.3) is 0 Å². The second-order valence-corrected chi connectivity index (χ2v) is 5.40. The zero-order chi connectivity index (χ0) is 15.7. The maximum atomic E-state index is 12.8. The van der Waals surface area contributed by atoms with E-state index in [1.807, 2.05) is 36.4 Å². The van der Waals surface area contributed by atoms with Crippen molar-refractivity contribution in [2.24, 2.45) is 7.05 Å². The summed E-state index contributed by atoms with van der Waals surface area (Å²) in [5, 5.41) is 1.92. The number of alkyl halides is 1. The van der Waals surface area contributed by atoms with Crippen LogP contribution in [0.1, 0.15) is 26.4 Å². The minimum Gasteiger partial charge on any atom is -0.347 e. The third-order valence-corrected chi connectivity index (χ3v) is 3.95. The van der Waals surface area contributed by atoms with Gasteiger partial charge in [0, 0.05) is 24.4 Å². The van der Waals surface area contributed by atoms with Crippen molar-refractivity contribution in [3.63, 3.8) is 0 Å². The highest BCUT2D eigenvalue weighted by Gasteiger charge is 2.17. The average Bonchev–Trinajstić information content (AvgIpc) is 2.94. The summed E-state index contributed by atoms with van der Waals surface area (Å²) in [5.74, 6) is -0.387. The Kier molecular flexibility index (Phi) is 3.82. The summed E-state index contributed by atoms with van der Waals surface area (Å²) >= 11 is 5.59. The highest BCUT2D eigenvalue weighted by Crippen LogP contribution is 2.22. The molecule has 0 bridgehead atoms. The van der Waals surface area contributed by atoms with Crippen LogP contribution in [0.5, 0.6) is 0 Å². The van der Waals surface area contributed by atoms with E-state index in [0.717, 1.165) is 10.8 Å². The monoisotopic (exact) mass is 311 g/mol. The fourth-order valence-electron chi connectivity index (χ4n) is 2.61. The van der Waals surface area contributed by atoms with E-state index >= 15 is 0 Å². The van der Waals surface area contributed by atoms with Crippen molar-refractivity contribution in [1.82, 2.24) is 4.57 Å². The molecule has 0 fully saturated rings. The van der Waals surface area contributed by atoms with Crippen LogP contribution in [0.15, 0.2) is 54.7 Å². The van der Waals surface area contributed by atoms with Crippen LogP contribution < -0.4 is 0 Å². The van der Waals surface area contributed by atoms with Crippen molar-refractivity contribution < 1.29 is 9.59 Å². The first kappa shape index (κ1) is 14.5. The smallest absolute Gasteiger partial charge is 0.195 e. The van der Waals surface area contributed by atoms with Crippen molar-refractivity contribution in [2.75, 3.05) is 5.88 Å². The van der Waals surface area contributed by atoms with Crippen molar-refractivity contribution in [3.05, 3.63) is 71.5 Å². The number of ketones is 2. The summed E-state index contributed by atoms with van der Waals surface area (Å²) in [4.78, 5) is 24.5. The number of aryl methyl sites for hydroxylation is 1. The van der Waals surface area contributed by atoms with E-state index in [-0.39, 0.29) is 17.4 Å². The molecule has 0 spiro atoms. The first-order valence-electron chi connectivity index (χ1n) is 6.90. The molecule has 22 heavy (non-hydrogen) atoms. The van der Waals surface area contributed by atoms with E-state index in [2.05, 4.69) is 0 Å². The van der Waals surface area contributed by atoms with E-state index in [1.54, 1.807) is 29.9 Å². The minimum absolute atomic E-state index is 0.0963. The molecule has 0 N–H and O–H groups in total. The number of Topliss-reactive ketones (excluding diaryl/α,β-unsaturated/α-hetero) is 1. The van der Waals surface area contributed by atoms with Gasteiger partial charge >= 0.3 is 0 Å². The first-order chi connectivity index (χ1) is 10.6. The third-order valence-electron chi connectivity index (χ3n) is 3.71. The van der Waals surface area contributed by atoms with Gasteiger partial charge < -0.3 is 4.57 Å². The first-order valence-corrected chi connectivity index (χ1v) is 7.43. The maximum Gasteiger partial charge on any atom is 0.195 e. The highest BCUT2D eigenvalue weighted by atomic mass is 35.5. The molecule has 0 saturated carbocycles. The molecule has 0 aliphatic carbocycles. The molecule has 110 valence electrons. The Bertz CT molecular complexity index is 874. The number of hydrogen-bond donors (Lipinski definition) is 0. The number of aromatic nitrogens is 1. The molecule has 0 amide bonds. The molecule has 1 heterocycles. The SMILES string of the molecule is Cn1cc(C(=O)c2cccc3ccccc23)cc1C(=O)CCl. The quantitative estimate of drug-likeness (QED) is 0.542. The largest absolute Gasteiger partial charge is 0.347 e. The van der Waals surface area contributed by atoms with Crippen LogP contribution in [0.4, 0.5) is 0 Å². The number of carbonyl (C=O) groups is 2. The summed E-state index contributed by atoms with van der Waals surface area (Å²) in [5.41, 5.74) is 1.57. The molecule has 4 heteroatoms. The number of halogens is 1. The van der Waals surface area contributed by atoms with Crippen LogP contribution in [-0.4, -0.2) is 22.0 Å². The normalized spacial score (nSPS) is 10.8. The van der Waals surface area contributed by atoms with Gasteiger partial charge in [-0.3, -0.25) is 9.59 Å². The lowest BCUT2D eigenvalue weighted by Gasteiger charge is -2.04. The van der Waals surface area contributed by atoms with Crippen LogP contribution in [0.2, 0.25) is 0 Å². The Labute approximate surface area is 133 Å². The fourth-order valence-corrected chi connectivity index (χ4v) is 2.75. The van der Waals surface area contributed by atoms with Crippen LogP contribution in [0.3, 0.4) is 0 Å². The Morgan fingerprint density at radius 3 is 2.59 bits per heavy atom. The average molecular weight is 312 g/mol. The molecule has 0 aliphatic heterocycles. The summed E-state index contributed by atoms with van der Waals surface area (Å²) in [7, 11) is 1.74. The van der Waals surface area contributed by atoms with E-state index in [4.69, 9.17) is 11.6 Å². The lowest BCUT2D eigenvalue weighted by Crippen LogP contribution is -2.05. The lowest BCUT2D eigenvalue weighted by molar-refractivity contribution is 0.101. The summed E-state index contributed by atoms with van der Waals surface area (Å²) < 4.78 is 1.64. The topological polar surface area (TPSA) is 39.1 Å². The number of hydrogen-bond acceptors (Lipinski definition) is 2. The molecule has 3 aromatic rings. The number of nitrogens with zero attached hydrogens (tertiary/aromatic N) is 1. The third kappa shape index (κ3) is 2.44. The molecular weight excluding hydrogens is 298 g/mol. The number of benzene rings is 2. The van der Waals surface area contributed by atoms with Gasteiger partial charge in [0.05, 0.1) is 11.6 Å². The number of fused-ring (bicyclic) bond motifs is 1. The molecule has 3 rings (SSSR count). The van der Waals surface area contributed by atoms with Gasteiger partial charge in [0.1, 0.15) is 0 Å². The molecule has 2 aromatic carbocycles. The molecule has 0 aliphatic rings. The van der Waals surface area contributed by atoms with Gasteiger partial charge in [-0.05, 0) is 16.8 Å². The van der Waals surface area contributed by atoms with E-state index < -0.39 is 0 Å². The fraction of sp³-hybridized carbons (Fsp3) is 0.111. The van der Waals surface area contributed by atoms with Crippen molar-refractivity contribution in [3.8, 4) is 0 Å². The summed E-state index contributed by atoms with van der Waals surface area (Å²) in [6.07, 6.45) is 1.67. The molecule has 0 unspecified atom stereocenters. The van der Waals surface area contributed by atoms with Gasteiger partial charge in [-0.1, -0.05) is 42.5 Å². The second-order valence-electron chi connectivity index (χ2n) is 5.14. The minimum atomic E-state index is -0.193. The maximum absolute atomic E-state index is 12.8. The van der Waals surface area contributed by atoms with Gasteiger partial charge in [-0.15, -0.1) is 11.6 Å². The van der Waals surface area contributed by atoms with Crippen LogP contribution in [-0.2, 0) is 7.05 Å². The van der Waals surface area contributed by atoms with Crippen molar-refractivity contribution in [1.29, 1.82) is 0 Å². The second kappa shape index (κ2) is 5.78. The van der Waals surface area contributed by atoms with Gasteiger partial charge in [-0.2, -0.15) is 0 Å². The Morgan fingerprint density at radius 1 is 1.09 bits per heavy atom. The predicted molar refractivity (Wildman–Crippen MR) is 87.8 cm³/mol. The highest BCUT2D eigenvalue weighted by molar-refractivity contribution is 6.30. The standard InChI is InChI=1S/C18H14ClNO2/c1-20-11-13(9-16(20)17(21)10-19)18(22)15-8-4-6-12-5-2-3-7-14(12)15/h2-9,11H,10H2,1H3. The zero-order valence-electron chi connectivity index (χ0n) is 12.0. The molecule has 3 nitrogen and oxygen atoms in total. The molecule has 0 atom stereocenters. The Hall–Kier alpha value is -2.39. The van der Waals surface area contributed by atoms with E-state index in [1.165, 1.54) is 0 Å². The molecule has 0 radical (unpaired) electrons. The van der Waals surface area contributed by atoms with Crippen LogP contribution >= 0.6 is 11.6 Å². The zero-order valence-corrected chi connectivity index (χ0v) is 12.8. The number of rotatable bonds is 4. The van der Waals surface area contributed by atoms with Crippen molar-refractivity contribution >= 4 is 33.9 Å². The predicted octanol–water partition coefficient (Wildman–Crippen LogP) is 3.83. The van der Waals surface area contributed by atoms with E-state index in [9.17, 15) is 9.59 Å². The Balaban J connectivity index is 2.09.